The van der Waals surface area contributed by atoms with E-state index in [0.29, 0.717) is 0 Å². The van der Waals surface area contributed by atoms with Gasteiger partial charge < -0.3 is 19.2 Å². The topological polar surface area (TPSA) is 33.3 Å². The van der Waals surface area contributed by atoms with E-state index in [1.54, 1.807) is 0 Å². The minimum Gasteiger partial charge on any atom is -0.455 e. The minimum atomic E-state index is -0.228. The molecule has 1 N–H and O–H groups in total. The number of nitrogens with zero attached hydrogens (tertiary/aromatic N) is 2. The van der Waals surface area contributed by atoms with Gasteiger partial charge in [-0.05, 0) is 134 Å². The molecule has 4 heterocycles. The molecule has 0 saturated heterocycles. The molecule has 0 radical (unpaired) electrons. The van der Waals surface area contributed by atoms with Gasteiger partial charge in [-0.15, -0.1) is 0 Å². The first-order valence-corrected chi connectivity index (χ1v) is 30.2. The maximum Gasteiger partial charge on any atom is 0.252 e. The van der Waals surface area contributed by atoms with Crippen molar-refractivity contribution in [1.29, 1.82) is 0 Å². The molecular formula is C80H62BN3O. The van der Waals surface area contributed by atoms with Gasteiger partial charge in [0.1, 0.15) is 11.2 Å². The summed E-state index contributed by atoms with van der Waals surface area (Å²) in [5.41, 5.74) is 28.6. The fourth-order valence-corrected chi connectivity index (χ4v) is 14.1. The van der Waals surface area contributed by atoms with Crippen molar-refractivity contribution >= 4 is 95.3 Å². The highest BCUT2D eigenvalue weighted by atomic mass is 16.3. The Hall–Kier alpha value is -10.1. The molecule has 0 aliphatic carbocycles. The second-order valence-electron chi connectivity index (χ2n) is 24.2. The average Bonchev–Trinajstić information content (AvgIpc) is 1.61. The van der Waals surface area contributed by atoms with Crippen LogP contribution in [0.15, 0.2) is 265 Å². The Bertz CT molecular complexity index is 4820. The van der Waals surface area contributed by atoms with Gasteiger partial charge in [0.2, 0.25) is 0 Å². The third-order valence-corrected chi connectivity index (χ3v) is 18.1. The molecule has 0 fully saturated rings. The number of aromatic nitrogens is 1. The number of hydrogen-bond acceptors (Lipinski definition) is 3. The van der Waals surface area contributed by atoms with E-state index in [0.717, 1.165) is 114 Å². The van der Waals surface area contributed by atoms with Crippen molar-refractivity contribution in [3.05, 3.63) is 272 Å². The van der Waals surface area contributed by atoms with Crippen LogP contribution in [0, 0.1) is 0 Å². The van der Waals surface area contributed by atoms with Crippen molar-refractivity contribution in [1.82, 2.24) is 4.57 Å². The molecule has 0 unspecified atom stereocenters. The SMILES string of the molecule is CCCCc1ccc2c(oc3ccccc32)c1-c1c(-n2c3ccccc3c3ccccc32)ccc2c1Nc1cc(C(C)(C)C)cc3c1B2c1cc(-c2ccccc2)ccc1N3c1c(-c2ccccc2)cc(-c2ccccc2)cc1-c1ccccc1. The van der Waals surface area contributed by atoms with Gasteiger partial charge in [-0.2, -0.15) is 0 Å². The lowest BCUT2D eigenvalue weighted by Crippen LogP contribution is -2.60. The minimum absolute atomic E-state index is 0.186. The van der Waals surface area contributed by atoms with Crippen molar-refractivity contribution in [3.8, 4) is 61.3 Å². The van der Waals surface area contributed by atoms with Crippen LogP contribution in [0.2, 0.25) is 0 Å². The lowest BCUT2D eigenvalue weighted by atomic mass is 9.33. The molecule has 12 aromatic carbocycles. The van der Waals surface area contributed by atoms with Crippen molar-refractivity contribution in [2.24, 2.45) is 0 Å². The quantitative estimate of drug-likeness (QED) is 0.139. The van der Waals surface area contributed by atoms with E-state index < -0.39 is 0 Å². The zero-order valence-corrected chi connectivity index (χ0v) is 48.3. The van der Waals surface area contributed by atoms with Crippen molar-refractivity contribution in [2.45, 2.75) is 52.4 Å². The Morgan fingerprint density at radius 1 is 0.447 bits per heavy atom. The Balaban J connectivity index is 1.06. The normalized spacial score (nSPS) is 12.7. The number of hydrogen-bond donors (Lipinski definition) is 1. The highest BCUT2D eigenvalue weighted by molar-refractivity contribution is 7.00. The van der Waals surface area contributed by atoms with E-state index in [-0.39, 0.29) is 12.1 Å². The second-order valence-corrected chi connectivity index (χ2v) is 24.2. The van der Waals surface area contributed by atoms with E-state index in [4.69, 9.17) is 4.42 Å². The standard InChI is InChI=1S/C80H62BN3O/c1-5-6-25-55-40-42-62-61-36-21-24-39-73(61)85-79(62)74(55)75-71(83-68-37-22-19-34-59(68)60-35-20-23-38-69(60)83)45-43-65-77(75)82-67-49-58(80(2,3)4)50-72-76(67)81(65)66-48-56(51-26-11-7-12-27-51)41-44-70(66)84(72)78-63(53-30-15-9-16-31-53)46-57(52-28-13-8-14-29-52)47-64(78)54-32-17-10-18-33-54/h7-24,26-50,82H,5-6,25H2,1-4H3. The van der Waals surface area contributed by atoms with Crippen LogP contribution < -0.4 is 26.6 Å². The summed E-state index contributed by atoms with van der Waals surface area (Å²) in [6.07, 6.45) is 3.02. The van der Waals surface area contributed by atoms with Gasteiger partial charge in [-0.1, -0.05) is 240 Å². The van der Waals surface area contributed by atoms with E-state index in [1.165, 1.54) is 66.2 Å². The van der Waals surface area contributed by atoms with Gasteiger partial charge in [0.15, 0.2) is 0 Å². The highest BCUT2D eigenvalue weighted by Crippen LogP contribution is 2.53. The monoisotopic (exact) mass is 1090 g/mol. The molecule has 2 aliphatic rings. The van der Waals surface area contributed by atoms with Crippen LogP contribution in [0.5, 0.6) is 0 Å². The molecule has 4 nitrogen and oxygen atoms in total. The van der Waals surface area contributed by atoms with Crippen LogP contribution in [0.1, 0.15) is 51.7 Å². The first-order valence-electron chi connectivity index (χ1n) is 30.2. The zero-order valence-electron chi connectivity index (χ0n) is 48.3. The van der Waals surface area contributed by atoms with Crippen LogP contribution in [0.3, 0.4) is 0 Å². The van der Waals surface area contributed by atoms with E-state index >= 15 is 0 Å². The van der Waals surface area contributed by atoms with E-state index in [1.807, 2.05) is 0 Å². The Morgan fingerprint density at radius 3 is 1.64 bits per heavy atom. The highest BCUT2D eigenvalue weighted by Gasteiger charge is 2.44. The maximum absolute atomic E-state index is 7.29. The molecule has 0 amide bonds. The molecule has 0 atom stereocenters. The smallest absolute Gasteiger partial charge is 0.252 e. The molecule has 2 aromatic heterocycles. The molecule has 14 aromatic rings. The molecule has 0 saturated carbocycles. The molecule has 85 heavy (non-hydrogen) atoms. The Morgan fingerprint density at radius 2 is 1.01 bits per heavy atom. The van der Waals surface area contributed by atoms with E-state index in [2.05, 4.69) is 303 Å². The zero-order chi connectivity index (χ0) is 56.9. The van der Waals surface area contributed by atoms with Gasteiger partial charge in [0.25, 0.3) is 6.71 Å². The summed E-state index contributed by atoms with van der Waals surface area (Å²) in [7, 11) is 0. The van der Waals surface area contributed by atoms with Crippen LogP contribution in [0.4, 0.5) is 28.4 Å². The number of para-hydroxylation sites is 3. The lowest BCUT2D eigenvalue weighted by Gasteiger charge is -2.43. The number of furan rings is 1. The molecule has 406 valence electrons. The molecular weight excluding hydrogens is 1030 g/mol. The number of nitrogens with one attached hydrogen (secondary N) is 1. The van der Waals surface area contributed by atoms with Crippen molar-refractivity contribution < 1.29 is 4.42 Å². The fourth-order valence-electron chi connectivity index (χ4n) is 14.1. The lowest BCUT2D eigenvalue weighted by molar-refractivity contribution is 0.591. The summed E-state index contributed by atoms with van der Waals surface area (Å²) in [4.78, 5) is 2.64. The molecule has 0 spiro atoms. The largest absolute Gasteiger partial charge is 0.455 e. The van der Waals surface area contributed by atoms with Gasteiger partial charge in [-0.3, -0.25) is 0 Å². The third-order valence-electron chi connectivity index (χ3n) is 18.1. The van der Waals surface area contributed by atoms with Gasteiger partial charge >= 0.3 is 0 Å². The summed E-state index contributed by atoms with van der Waals surface area (Å²) < 4.78 is 9.81. The van der Waals surface area contributed by atoms with Crippen molar-refractivity contribution in [3.63, 3.8) is 0 Å². The van der Waals surface area contributed by atoms with Crippen molar-refractivity contribution in [2.75, 3.05) is 10.2 Å². The summed E-state index contributed by atoms with van der Waals surface area (Å²) in [6.45, 7) is 9.19. The summed E-state index contributed by atoms with van der Waals surface area (Å²) in [5, 5.41) is 9.13. The van der Waals surface area contributed by atoms with Crippen LogP contribution in [0.25, 0.3) is 105 Å². The fraction of sp³-hybridized carbons (Fsp3) is 0.100. The third kappa shape index (κ3) is 8.20. The molecule has 0 bridgehead atoms. The maximum atomic E-state index is 7.29. The van der Waals surface area contributed by atoms with Crippen LogP contribution >= 0.6 is 0 Å². The number of fused-ring (bicyclic) bond motifs is 10. The number of benzene rings is 12. The second kappa shape index (κ2) is 20.1. The summed E-state index contributed by atoms with van der Waals surface area (Å²) in [6, 6.07) is 97.0. The average molecular weight is 1090 g/mol. The Kier molecular flexibility index (Phi) is 12.0. The Labute approximate surface area is 497 Å². The summed E-state index contributed by atoms with van der Waals surface area (Å²) >= 11 is 0. The van der Waals surface area contributed by atoms with Gasteiger partial charge in [0.05, 0.1) is 22.4 Å². The first kappa shape index (κ1) is 50.6. The first-order chi connectivity index (χ1) is 41.8. The molecule has 16 rings (SSSR count). The number of rotatable bonds is 10. The molecule has 5 heteroatoms. The summed E-state index contributed by atoms with van der Waals surface area (Å²) in [5.74, 6) is 0. The number of unbranched alkanes of at least 4 members (excludes halogenated alkanes) is 1. The van der Waals surface area contributed by atoms with Crippen LogP contribution in [-0.2, 0) is 11.8 Å². The predicted octanol–water partition coefficient (Wildman–Crippen LogP) is 20.0. The predicted molar refractivity (Wildman–Crippen MR) is 362 cm³/mol. The molecule has 2 aliphatic heterocycles. The number of aryl methyl sites for hydroxylation is 1. The van der Waals surface area contributed by atoms with Gasteiger partial charge in [-0.25, -0.2) is 0 Å². The van der Waals surface area contributed by atoms with E-state index in [9.17, 15) is 0 Å². The number of anilines is 5. The van der Waals surface area contributed by atoms with Gasteiger partial charge in [0, 0.05) is 66.5 Å². The van der Waals surface area contributed by atoms with Crippen LogP contribution in [-0.4, -0.2) is 11.3 Å².